The quantitative estimate of drug-likeness (QED) is 0.832. The lowest BCUT2D eigenvalue weighted by Crippen LogP contribution is -2.47. The Labute approximate surface area is 139 Å². The molecule has 2 aliphatic rings. The number of piperidine rings is 1. The molecule has 0 aromatic carbocycles. The molecule has 2 aliphatic heterocycles. The van der Waals surface area contributed by atoms with Gasteiger partial charge in [0.2, 0.25) is 5.91 Å². The second kappa shape index (κ2) is 5.89. The van der Waals surface area contributed by atoms with E-state index in [1.165, 1.54) is 6.42 Å². The number of amides is 1. The molecule has 0 saturated carbocycles. The van der Waals surface area contributed by atoms with Crippen molar-refractivity contribution in [3.8, 4) is 0 Å². The Hall–Kier alpha value is -2.44. The maximum Gasteiger partial charge on any atom is 0.370 e. The average molecular weight is 327 g/mol. The fourth-order valence-corrected chi connectivity index (χ4v) is 3.66. The molecular weight excluding hydrogens is 306 g/mol. The number of pyridine rings is 1. The van der Waals surface area contributed by atoms with Gasteiger partial charge in [0.15, 0.2) is 11.5 Å². The zero-order valence-corrected chi connectivity index (χ0v) is 13.9. The lowest BCUT2D eigenvalue weighted by molar-refractivity contribution is -0.117. The Bertz CT molecular complexity index is 854. The van der Waals surface area contributed by atoms with Crippen molar-refractivity contribution in [3.05, 3.63) is 28.3 Å². The van der Waals surface area contributed by atoms with E-state index in [9.17, 15) is 9.59 Å². The summed E-state index contributed by atoms with van der Waals surface area (Å²) in [5.41, 5.74) is 1.23. The largest absolute Gasteiger partial charge is 0.370 e. The summed E-state index contributed by atoms with van der Waals surface area (Å²) in [6.45, 7) is 4.24. The van der Waals surface area contributed by atoms with Gasteiger partial charge in [-0.1, -0.05) is 0 Å². The highest BCUT2D eigenvalue weighted by molar-refractivity contribution is 6.02. The highest BCUT2D eigenvalue weighted by atomic mass is 16.2. The lowest BCUT2D eigenvalue weighted by atomic mass is 10.1. The van der Waals surface area contributed by atoms with Gasteiger partial charge in [0.1, 0.15) is 0 Å². The van der Waals surface area contributed by atoms with Crippen molar-refractivity contribution in [3.63, 3.8) is 0 Å². The number of fused-ring (bicyclic) bond motifs is 1. The van der Waals surface area contributed by atoms with E-state index in [1.54, 1.807) is 15.8 Å². The molecule has 0 N–H and O–H groups in total. The Balaban J connectivity index is 1.96. The Morgan fingerprint density at radius 1 is 1.04 bits per heavy atom. The number of anilines is 1. The van der Waals surface area contributed by atoms with Gasteiger partial charge in [-0.15, -0.1) is 0 Å². The number of aryl methyl sites for hydroxylation is 1. The number of carbonyl (C=O) groups excluding carboxylic acids is 1. The molecule has 2 aromatic heterocycles. The smallest absolute Gasteiger partial charge is 0.307 e. The van der Waals surface area contributed by atoms with Gasteiger partial charge in [-0.05, 0) is 44.2 Å². The molecule has 1 amide bonds. The summed E-state index contributed by atoms with van der Waals surface area (Å²) in [4.78, 5) is 35.4. The summed E-state index contributed by atoms with van der Waals surface area (Å²) in [5, 5.41) is 2.83. The van der Waals surface area contributed by atoms with Crippen molar-refractivity contribution < 1.29 is 4.79 Å². The van der Waals surface area contributed by atoms with Gasteiger partial charge < -0.3 is 5.01 Å². The number of aromatic nitrogens is 3. The molecule has 2 fully saturated rings. The maximum absolute atomic E-state index is 12.8. The Morgan fingerprint density at radius 3 is 2.54 bits per heavy atom. The van der Waals surface area contributed by atoms with Crippen LogP contribution >= 0.6 is 0 Å². The fraction of sp³-hybridized carbons (Fsp3) is 0.529. The Morgan fingerprint density at radius 2 is 1.83 bits per heavy atom. The van der Waals surface area contributed by atoms with Gasteiger partial charge in [-0.25, -0.2) is 9.78 Å². The van der Waals surface area contributed by atoms with Crippen LogP contribution in [0.2, 0.25) is 0 Å². The highest BCUT2D eigenvalue weighted by Crippen LogP contribution is 2.28. The molecule has 7 nitrogen and oxygen atoms in total. The molecular formula is C17H21N5O2. The average Bonchev–Trinajstić information content (AvgIpc) is 3.01. The summed E-state index contributed by atoms with van der Waals surface area (Å²) < 4.78 is 1.60. The van der Waals surface area contributed by atoms with E-state index in [0.717, 1.165) is 43.3 Å². The molecule has 0 spiro atoms. The van der Waals surface area contributed by atoms with Gasteiger partial charge >= 0.3 is 5.69 Å². The predicted octanol–water partition coefficient (Wildman–Crippen LogP) is 1.35. The minimum atomic E-state index is -0.350. The molecule has 0 aliphatic carbocycles. The van der Waals surface area contributed by atoms with Crippen LogP contribution in [0.3, 0.4) is 0 Å². The van der Waals surface area contributed by atoms with Crippen LogP contribution in [0.5, 0.6) is 0 Å². The molecule has 2 saturated heterocycles. The van der Waals surface area contributed by atoms with Gasteiger partial charge in [0.25, 0.3) is 0 Å². The van der Waals surface area contributed by atoms with E-state index in [-0.39, 0.29) is 11.6 Å². The molecule has 7 heteroatoms. The first-order valence-electron chi connectivity index (χ1n) is 8.61. The van der Waals surface area contributed by atoms with Crippen molar-refractivity contribution in [1.82, 2.24) is 14.6 Å². The molecule has 2 aromatic rings. The number of carbonyl (C=O) groups is 1. The third kappa shape index (κ3) is 2.35. The van der Waals surface area contributed by atoms with E-state index in [0.29, 0.717) is 24.4 Å². The van der Waals surface area contributed by atoms with Crippen LogP contribution in [-0.2, 0) is 4.79 Å². The Kier molecular flexibility index (Phi) is 3.70. The van der Waals surface area contributed by atoms with Crippen LogP contribution in [0.4, 0.5) is 5.82 Å². The van der Waals surface area contributed by atoms with Gasteiger partial charge in [-0.3, -0.25) is 9.69 Å². The minimum absolute atomic E-state index is 0.0298. The second-order valence-corrected chi connectivity index (χ2v) is 6.52. The molecule has 4 rings (SSSR count). The summed E-state index contributed by atoms with van der Waals surface area (Å²) >= 11 is 0. The van der Waals surface area contributed by atoms with Crippen molar-refractivity contribution in [2.45, 2.75) is 39.0 Å². The summed E-state index contributed by atoms with van der Waals surface area (Å²) in [5.74, 6) is 0.499. The number of hydrogen-bond donors (Lipinski definition) is 0. The first-order chi connectivity index (χ1) is 11.7. The molecule has 0 radical (unpaired) electrons. The number of nitrogens with zero attached hydrogens (tertiary/aromatic N) is 5. The minimum Gasteiger partial charge on any atom is -0.307 e. The topological polar surface area (TPSA) is 71.3 Å². The normalized spacial score (nSPS) is 18.6. The summed E-state index contributed by atoms with van der Waals surface area (Å²) in [6, 6.07) is 1.90. The monoisotopic (exact) mass is 327 g/mol. The lowest BCUT2D eigenvalue weighted by Gasteiger charge is -2.31. The van der Waals surface area contributed by atoms with Gasteiger partial charge in [0, 0.05) is 32.3 Å². The van der Waals surface area contributed by atoms with Crippen LogP contribution < -0.4 is 15.6 Å². The third-order valence-electron chi connectivity index (χ3n) is 4.89. The van der Waals surface area contributed by atoms with Gasteiger partial charge in [0.05, 0.1) is 5.39 Å². The third-order valence-corrected chi connectivity index (χ3v) is 4.89. The van der Waals surface area contributed by atoms with E-state index in [2.05, 4.69) is 9.97 Å². The highest BCUT2D eigenvalue weighted by Gasteiger charge is 2.28. The zero-order valence-electron chi connectivity index (χ0n) is 13.9. The molecule has 126 valence electrons. The molecule has 0 bridgehead atoms. The maximum atomic E-state index is 12.8. The van der Waals surface area contributed by atoms with Crippen molar-refractivity contribution in [2.75, 3.05) is 29.5 Å². The zero-order chi connectivity index (χ0) is 16.7. The van der Waals surface area contributed by atoms with Crippen molar-refractivity contribution in [1.29, 1.82) is 0 Å². The first kappa shape index (κ1) is 15.1. The standard InChI is InChI=1S/C17H21N5O2/c1-12-7-8-18-15-14(12)16(21-11-5-6-13(21)23)19-17(24)22(15)20-9-3-2-4-10-20/h7-8H,2-6,9-11H2,1H3. The fourth-order valence-electron chi connectivity index (χ4n) is 3.66. The predicted molar refractivity (Wildman–Crippen MR) is 91.9 cm³/mol. The summed E-state index contributed by atoms with van der Waals surface area (Å²) in [6.07, 6.45) is 6.34. The van der Waals surface area contributed by atoms with Gasteiger partial charge in [-0.2, -0.15) is 9.66 Å². The van der Waals surface area contributed by atoms with Crippen LogP contribution in [0, 0.1) is 6.92 Å². The van der Waals surface area contributed by atoms with Crippen molar-refractivity contribution >= 4 is 22.8 Å². The second-order valence-electron chi connectivity index (χ2n) is 6.52. The first-order valence-corrected chi connectivity index (χ1v) is 8.61. The van der Waals surface area contributed by atoms with Crippen molar-refractivity contribution in [2.24, 2.45) is 0 Å². The SMILES string of the molecule is Cc1ccnc2c1c(N1CCCC1=O)nc(=O)n2N1CCCCC1. The van der Waals surface area contributed by atoms with E-state index in [1.807, 2.05) is 18.0 Å². The summed E-state index contributed by atoms with van der Waals surface area (Å²) in [7, 11) is 0. The van der Waals surface area contributed by atoms with Crippen LogP contribution in [0.15, 0.2) is 17.1 Å². The van der Waals surface area contributed by atoms with E-state index >= 15 is 0 Å². The van der Waals surface area contributed by atoms with E-state index < -0.39 is 0 Å². The number of rotatable bonds is 2. The van der Waals surface area contributed by atoms with Crippen LogP contribution in [-0.4, -0.2) is 40.2 Å². The van der Waals surface area contributed by atoms with E-state index in [4.69, 9.17) is 0 Å². The molecule has 0 atom stereocenters. The van der Waals surface area contributed by atoms with Crippen LogP contribution in [0.25, 0.3) is 11.0 Å². The number of hydrogen-bond acceptors (Lipinski definition) is 5. The molecule has 24 heavy (non-hydrogen) atoms. The molecule has 0 unspecified atom stereocenters. The molecule has 4 heterocycles. The van der Waals surface area contributed by atoms with Crippen LogP contribution in [0.1, 0.15) is 37.7 Å².